The van der Waals surface area contributed by atoms with Crippen LogP contribution in [0, 0.1) is 16.7 Å². The number of ketones is 1. The number of carbonyl (C=O) groups excluding carboxylic acids is 2. The van der Waals surface area contributed by atoms with Gasteiger partial charge in [-0.05, 0) is 85.8 Å². The van der Waals surface area contributed by atoms with Gasteiger partial charge in [0.2, 0.25) is 0 Å². The maximum atomic E-state index is 16.3. The number of rotatable bonds is 16. The zero-order valence-corrected chi connectivity index (χ0v) is 39.2. The summed E-state index contributed by atoms with van der Waals surface area (Å²) in [4.78, 5) is 29.5. The topological polar surface area (TPSA) is 121 Å². The van der Waals surface area contributed by atoms with Gasteiger partial charge in [0.05, 0.1) is 24.2 Å². The first-order valence-corrected chi connectivity index (χ1v) is 29.0. The lowest BCUT2D eigenvalue weighted by Gasteiger charge is -2.64. The molecule has 3 aliphatic carbocycles. The lowest BCUT2D eigenvalue weighted by molar-refractivity contribution is -0.228. The summed E-state index contributed by atoms with van der Waals surface area (Å²) < 4.78 is 35.1. The van der Waals surface area contributed by atoms with E-state index in [0.717, 1.165) is 65.5 Å². The van der Waals surface area contributed by atoms with Gasteiger partial charge in [-0.3, -0.25) is 4.79 Å². The van der Waals surface area contributed by atoms with Gasteiger partial charge >= 0.3 is 6.16 Å². The van der Waals surface area contributed by atoms with Crippen molar-refractivity contribution in [1.82, 2.24) is 0 Å². The highest BCUT2D eigenvalue weighted by molar-refractivity contribution is 9.09. The smallest absolute Gasteiger partial charge is 0.426 e. The average molecular weight is 848 g/mol. The van der Waals surface area contributed by atoms with Crippen LogP contribution in [0.4, 0.5) is 4.79 Å². The third-order valence-corrected chi connectivity index (χ3v) is 30.5. The second kappa shape index (κ2) is 15.9. The Bertz CT molecular complexity index is 1320. The Morgan fingerprint density at radius 3 is 1.71 bits per heavy atom. The molecule has 1 saturated heterocycles. The highest BCUT2D eigenvalue weighted by atomic mass is 79.9. The van der Waals surface area contributed by atoms with Gasteiger partial charge in [-0.25, -0.2) is 4.79 Å². The van der Waals surface area contributed by atoms with E-state index in [4.69, 9.17) is 22.8 Å². The molecule has 9 nitrogen and oxygen atoms in total. The second-order valence-electron chi connectivity index (χ2n) is 17.1. The number of aliphatic hydroxyl groups is 2. The van der Waals surface area contributed by atoms with Gasteiger partial charge in [-0.2, -0.15) is 0 Å². The van der Waals surface area contributed by atoms with Gasteiger partial charge in [-0.15, -0.1) is 0 Å². The maximum absolute atomic E-state index is 16.3. The SMILES string of the molecule is CC[Si](CC)(CC)O[C@H]1C(=O)[C@]2(C)[C@@H](O[Si](CC)(CC)CC)C[C@H](Br)[C@@](O)(CO)[C@H]2[C@@H]2OC(=O)O[C@]23C[C@H](O[Si](CC)(CC)CC)C(C)=C1C3(C)C. The van der Waals surface area contributed by atoms with Crippen molar-refractivity contribution in [3.05, 3.63) is 11.1 Å². The summed E-state index contributed by atoms with van der Waals surface area (Å²) in [6, 6.07) is 7.92. The molecule has 52 heavy (non-hydrogen) atoms. The Labute approximate surface area is 326 Å². The van der Waals surface area contributed by atoms with Gasteiger partial charge in [0.25, 0.3) is 0 Å². The van der Waals surface area contributed by atoms with Gasteiger partial charge in [0, 0.05) is 22.6 Å². The molecule has 4 rings (SSSR count). The molecule has 9 atom stereocenters. The molecule has 0 unspecified atom stereocenters. The van der Waals surface area contributed by atoms with E-state index in [1.165, 1.54) is 0 Å². The summed E-state index contributed by atoms with van der Waals surface area (Å²) in [5, 5.41) is 24.2. The van der Waals surface area contributed by atoms with E-state index >= 15 is 4.79 Å². The van der Waals surface area contributed by atoms with E-state index in [1.807, 2.05) is 20.8 Å². The predicted molar refractivity (Wildman–Crippen MR) is 217 cm³/mol. The molecule has 3 fully saturated rings. The van der Waals surface area contributed by atoms with Crippen LogP contribution in [-0.2, 0) is 27.5 Å². The zero-order valence-electron chi connectivity index (χ0n) is 34.6. The molecule has 1 spiro atoms. The third kappa shape index (κ3) is 6.57. The van der Waals surface area contributed by atoms with Crippen LogP contribution in [0.1, 0.15) is 103 Å². The fourth-order valence-corrected chi connectivity index (χ4v) is 20.1. The Morgan fingerprint density at radius 1 is 0.788 bits per heavy atom. The Morgan fingerprint density at radius 2 is 1.25 bits per heavy atom. The van der Waals surface area contributed by atoms with Crippen LogP contribution in [0.25, 0.3) is 0 Å². The molecule has 0 aromatic rings. The van der Waals surface area contributed by atoms with Crippen LogP contribution >= 0.6 is 15.9 Å². The molecule has 0 amide bonds. The molecule has 0 radical (unpaired) electrons. The number of Topliss-reactive ketones (excluding diaryl/α,β-unsaturated/α-hetero) is 1. The summed E-state index contributed by atoms with van der Waals surface area (Å²) in [7, 11) is -7.07. The Balaban J connectivity index is 2.19. The number of halogens is 1. The third-order valence-electron chi connectivity index (χ3n) is 15.4. The number of aliphatic hydroxyl groups excluding tert-OH is 1. The Kier molecular flexibility index (Phi) is 13.5. The van der Waals surface area contributed by atoms with Crippen molar-refractivity contribution in [3.63, 3.8) is 0 Å². The minimum atomic E-state index is -2.49. The van der Waals surface area contributed by atoms with E-state index in [0.29, 0.717) is 12.8 Å². The highest BCUT2D eigenvalue weighted by Gasteiger charge is 2.78. The molecular weight excluding hydrogens is 777 g/mol. The number of hydrogen-bond donors (Lipinski definition) is 2. The van der Waals surface area contributed by atoms with E-state index in [-0.39, 0.29) is 5.78 Å². The number of hydrogen-bond acceptors (Lipinski definition) is 9. The highest BCUT2D eigenvalue weighted by Crippen LogP contribution is 2.66. The van der Waals surface area contributed by atoms with Crippen molar-refractivity contribution in [2.24, 2.45) is 16.7 Å². The summed E-state index contributed by atoms with van der Waals surface area (Å²) in [6.45, 7) is 27.0. The molecule has 300 valence electrons. The lowest BCUT2D eigenvalue weighted by atomic mass is 9.46. The van der Waals surface area contributed by atoms with E-state index < -0.39 is 94.9 Å². The van der Waals surface area contributed by atoms with E-state index in [2.05, 4.69) is 85.2 Å². The van der Waals surface area contributed by atoms with Crippen LogP contribution in [0.2, 0.25) is 54.4 Å². The molecule has 2 saturated carbocycles. The van der Waals surface area contributed by atoms with Crippen molar-refractivity contribution in [2.75, 3.05) is 6.61 Å². The summed E-state index contributed by atoms with van der Waals surface area (Å²) in [5.41, 5.74) is -3.80. The van der Waals surface area contributed by atoms with Crippen LogP contribution in [0.5, 0.6) is 0 Å². The Hall–Kier alpha value is -0.389. The van der Waals surface area contributed by atoms with E-state index in [1.54, 1.807) is 0 Å². The minimum absolute atomic E-state index is 0.170. The van der Waals surface area contributed by atoms with Crippen molar-refractivity contribution < 1.29 is 42.6 Å². The predicted octanol–water partition coefficient (Wildman–Crippen LogP) is 9.27. The molecule has 13 heteroatoms. The lowest BCUT2D eigenvalue weighted by Crippen LogP contribution is -2.77. The molecule has 2 N–H and O–H groups in total. The first-order chi connectivity index (χ1) is 24.3. The van der Waals surface area contributed by atoms with Crippen LogP contribution in [0.15, 0.2) is 11.1 Å². The van der Waals surface area contributed by atoms with Crippen LogP contribution in [0.3, 0.4) is 0 Å². The summed E-state index contributed by atoms with van der Waals surface area (Å²) in [6.07, 6.45) is -3.38. The molecule has 0 aromatic heterocycles. The van der Waals surface area contributed by atoms with E-state index in [9.17, 15) is 15.0 Å². The van der Waals surface area contributed by atoms with Gasteiger partial charge in [-0.1, -0.05) is 92.1 Å². The second-order valence-corrected chi connectivity index (χ2v) is 32.4. The first kappa shape index (κ1) is 44.3. The molecular formula is C39H71BrO9Si3. The fraction of sp³-hybridized carbons (Fsp3) is 0.897. The first-order valence-electron chi connectivity index (χ1n) is 20.5. The van der Waals surface area contributed by atoms with Gasteiger partial charge in [0.15, 0.2) is 42.4 Å². The monoisotopic (exact) mass is 846 g/mol. The molecule has 4 aliphatic rings. The molecule has 1 heterocycles. The fourth-order valence-electron chi connectivity index (χ4n) is 10.8. The largest absolute Gasteiger partial charge is 0.509 e. The number of alkyl halides is 1. The van der Waals surface area contributed by atoms with Crippen LogP contribution < -0.4 is 0 Å². The average Bonchev–Trinajstić information content (AvgIpc) is 3.47. The summed E-state index contributed by atoms with van der Waals surface area (Å²) in [5.74, 6) is -1.25. The number of ether oxygens (including phenoxy) is 2. The summed E-state index contributed by atoms with van der Waals surface area (Å²) >= 11 is 3.81. The molecule has 0 aromatic carbocycles. The van der Waals surface area contributed by atoms with Gasteiger partial charge in [0.1, 0.15) is 11.7 Å². The van der Waals surface area contributed by atoms with Crippen molar-refractivity contribution in [2.45, 2.75) is 198 Å². The van der Waals surface area contributed by atoms with Crippen LogP contribution in [-0.4, -0.2) is 94.2 Å². The van der Waals surface area contributed by atoms with Crippen molar-refractivity contribution >= 4 is 52.8 Å². The minimum Gasteiger partial charge on any atom is -0.426 e. The molecule has 2 bridgehead atoms. The number of fused-ring (bicyclic) bond motifs is 3. The zero-order chi connectivity index (χ0) is 39.3. The number of carbonyl (C=O) groups is 2. The van der Waals surface area contributed by atoms with Crippen molar-refractivity contribution in [1.29, 1.82) is 0 Å². The quantitative estimate of drug-likeness (QED) is 0.0678. The normalized spacial score (nSPS) is 36.5. The van der Waals surface area contributed by atoms with Crippen molar-refractivity contribution in [3.8, 4) is 0 Å². The standard InChI is InChI=1S/C39H71BrO9Si3/c1-14-50(15-2,16-3)47-27-24-39-34(45-35(43)46-39)32-37(13,29(23-28(40)38(32,44)25-41)48-51(17-4,18-5)19-6)33(42)31(30(26(27)10)36(39,11)12)49-52(20-7,21-8)22-9/h27-29,31-32,34,41,44H,14-25H2,1-13H3/t27-,28-,29-,31+,32-,34-,37+,38-,39+/m0/s1. The molecule has 1 aliphatic heterocycles. The maximum Gasteiger partial charge on any atom is 0.509 e. The van der Waals surface area contributed by atoms with Gasteiger partial charge < -0.3 is 33.0 Å².